The van der Waals surface area contributed by atoms with Crippen LogP contribution in [-0.4, -0.2) is 23.0 Å². The molecule has 0 aliphatic heterocycles. The van der Waals surface area contributed by atoms with Gasteiger partial charge >= 0.3 is 5.97 Å². The van der Waals surface area contributed by atoms with Crippen molar-refractivity contribution in [1.82, 2.24) is 0 Å². The third kappa shape index (κ3) is 1.95. The summed E-state index contributed by atoms with van der Waals surface area (Å²) in [7, 11) is 0. The Kier molecular flexibility index (Phi) is 2.85. The second-order valence-corrected chi connectivity index (χ2v) is 8.45. The molecule has 5 aliphatic rings. The zero-order chi connectivity index (χ0) is 16.5. The van der Waals surface area contributed by atoms with Gasteiger partial charge in [-0.05, 0) is 61.8 Å². The molecule has 4 bridgehead atoms. The van der Waals surface area contributed by atoms with Crippen LogP contribution in [0, 0.1) is 17.8 Å². The number of alkyl halides is 1. The summed E-state index contributed by atoms with van der Waals surface area (Å²) in [5.41, 5.74) is -2.12. The topological polar surface area (TPSA) is 43.4 Å². The maximum absolute atomic E-state index is 15.4. The van der Waals surface area contributed by atoms with E-state index >= 15 is 4.39 Å². The normalized spacial score (nSPS) is 42.2. The van der Waals surface area contributed by atoms with E-state index in [1.165, 1.54) is 19.3 Å². The predicted octanol–water partition coefficient (Wildman–Crippen LogP) is 3.65. The van der Waals surface area contributed by atoms with Crippen LogP contribution in [-0.2, 0) is 16.0 Å². The molecule has 1 aromatic rings. The van der Waals surface area contributed by atoms with E-state index in [-0.39, 0.29) is 6.42 Å². The zero-order valence-corrected chi connectivity index (χ0v) is 13.6. The Hall–Kier alpha value is -1.71. The van der Waals surface area contributed by atoms with Crippen LogP contribution < -0.4 is 0 Å². The van der Waals surface area contributed by atoms with E-state index in [0.29, 0.717) is 28.9 Å². The summed E-state index contributed by atoms with van der Waals surface area (Å²) in [5, 5.41) is 0. The first kappa shape index (κ1) is 14.6. The lowest BCUT2D eigenvalue weighted by molar-refractivity contribution is -0.195. The van der Waals surface area contributed by atoms with E-state index in [4.69, 9.17) is 4.74 Å². The lowest BCUT2D eigenvalue weighted by Gasteiger charge is -2.55. The van der Waals surface area contributed by atoms with Crippen molar-refractivity contribution in [2.45, 2.75) is 56.2 Å². The van der Waals surface area contributed by atoms with Crippen LogP contribution in [0.2, 0.25) is 0 Å². The van der Waals surface area contributed by atoms with E-state index in [1.807, 2.05) is 0 Å². The van der Waals surface area contributed by atoms with E-state index in [2.05, 4.69) is 0 Å². The summed E-state index contributed by atoms with van der Waals surface area (Å²) < 4.78 is 21.2. The molecule has 0 N–H and O–H groups in total. The first-order valence-corrected chi connectivity index (χ1v) is 9.02. The third-order valence-corrected chi connectivity index (χ3v) is 6.67. The predicted molar refractivity (Wildman–Crippen MR) is 85.3 cm³/mol. The van der Waals surface area contributed by atoms with Crippen LogP contribution in [0.25, 0.3) is 0 Å². The second kappa shape index (κ2) is 4.68. The fourth-order valence-corrected chi connectivity index (χ4v) is 6.05. The van der Waals surface area contributed by atoms with Gasteiger partial charge in [-0.2, -0.15) is 0 Å². The maximum Gasteiger partial charge on any atom is 0.353 e. The fourth-order valence-electron chi connectivity index (χ4n) is 6.05. The van der Waals surface area contributed by atoms with E-state index in [0.717, 1.165) is 19.3 Å². The number of ether oxygens (including phenoxy) is 1. The number of hydrogen-bond acceptors (Lipinski definition) is 3. The van der Waals surface area contributed by atoms with Gasteiger partial charge in [-0.1, -0.05) is 24.3 Å². The summed E-state index contributed by atoms with van der Waals surface area (Å²) in [6.07, 6.45) is 6.03. The van der Waals surface area contributed by atoms with Gasteiger partial charge in [-0.15, -0.1) is 0 Å². The summed E-state index contributed by atoms with van der Waals surface area (Å²) in [6.45, 7) is 0. The summed E-state index contributed by atoms with van der Waals surface area (Å²) >= 11 is 0. The van der Waals surface area contributed by atoms with Crippen LogP contribution in [0.4, 0.5) is 4.39 Å². The smallest absolute Gasteiger partial charge is 0.353 e. The van der Waals surface area contributed by atoms with E-state index in [1.54, 1.807) is 24.3 Å². The molecule has 1 aromatic carbocycles. The minimum Gasteiger partial charge on any atom is -0.456 e. The van der Waals surface area contributed by atoms with Gasteiger partial charge in [0, 0.05) is 12.0 Å². The molecule has 126 valence electrons. The highest BCUT2D eigenvalue weighted by molar-refractivity contribution is 6.18. The molecule has 3 nitrogen and oxygen atoms in total. The van der Waals surface area contributed by atoms with Crippen molar-refractivity contribution in [3.8, 4) is 0 Å². The molecule has 1 atom stereocenters. The maximum atomic E-state index is 15.4. The van der Waals surface area contributed by atoms with Crippen molar-refractivity contribution in [2.24, 2.45) is 17.8 Å². The second-order valence-electron chi connectivity index (χ2n) is 8.45. The first-order chi connectivity index (χ1) is 11.5. The van der Waals surface area contributed by atoms with Gasteiger partial charge in [0.15, 0.2) is 0 Å². The van der Waals surface area contributed by atoms with Crippen LogP contribution >= 0.6 is 0 Å². The van der Waals surface area contributed by atoms with Crippen LogP contribution in [0.15, 0.2) is 24.3 Å². The first-order valence-electron chi connectivity index (χ1n) is 9.02. The molecule has 0 amide bonds. The highest BCUT2D eigenvalue weighted by atomic mass is 19.1. The number of esters is 1. The number of benzene rings is 1. The molecule has 0 saturated heterocycles. The molecule has 4 saturated carbocycles. The van der Waals surface area contributed by atoms with Crippen molar-refractivity contribution in [3.05, 3.63) is 35.4 Å². The third-order valence-electron chi connectivity index (χ3n) is 6.67. The minimum atomic E-state index is -2.53. The molecular weight excluding hydrogens is 307 g/mol. The molecule has 4 fully saturated rings. The van der Waals surface area contributed by atoms with Gasteiger partial charge in [0.05, 0.1) is 0 Å². The average molecular weight is 328 g/mol. The van der Waals surface area contributed by atoms with Crippen molar-refractivity contribution in [1.29, 1.82) is 0 Å². The number of Topliss-reactive ketones (excluding diaryl/α,β-unsaturated/α-hetero) is 1. The molecule has 0 spiro atoms. The summed E-state index contributed by atoms with van der Waals surface area (Å²) in [6, 6.07) is 6.78. The Labute approximate surface area is 140 Å². The Bertz CT molecular complexity index is 705. The van der Waals surface area contributed by atoms with Crippen molar-refractivity contribution >= 4 is 11.8 Å². The number of fused-ring (bicyclic) bond motifs is 1. The minimum absolute atomic E-state index is 0.187. The standard InChI is InChI=1S/C20H21FO3/c21-20(11-15-3-1-2-4-16(15)17(20)22)18(23)24-19-8-12-5-13(9-19)7-14(6-12)10-19/h1-4,12-14H,5-11H2/t12?,13?,14?,19?,20-/m1/s1. The Morgan fingerprint density at radius 3 is 2.21 bits per heavy atom. The monoisotopic (exact) mass is 328 g/mol. The number of ketones is 1. The van der Waals surface area contributed by atoms with Crippen LogP contribution in [0.5, 0.6) is 0 Å². The van der Waals surface area contributed by atoms with Gasteiger partial charge < -0.3 is 4.74 Å². The van der Waals surface area contributed by atoms with Crippen molar-refractivity contribution < 1.29 is 18.7 Å². The molecule has 6 rings (SSSR count). The number of halogens is 1. The van der Waals surface area contributed by atoms with E-state index < -0.39 is 23.0 Å². The van der Waals surface area contributed by atoms with Gasteiger partial charge in [0.25, 0.3) is 5.67 Å². The summed E-state index contributed by atoms with van der Waals surface area (Å²) in [4.78, 5) is 25.2. The van der Waals surface area contributed by atoms with Crippen LogP contribution in [0.1, 0.15) is 54.4 Å². The number of carbonyl (C=O) groups excluding carboxylic acids is 2. The van der Waals surface area contributed by atoms with Gasteiger partial charge in [-0.3, -0.25) is 4.79 Å². The molecule has 5 aliphatic carbocycles. The molecule has 0 heterocycles. The van der Waals surface area contributed by atoms with E-state index in [9.17, 15) is 9.59 Å². The van der Waals surface area contributed by atoms with Crippen molar-refractivity contribution in [3.63, 3.8) is 0 Å². The molecule has 24 heavy (non-hydrogen) atoms. The summed E-state index contributed by atoms with van der Waals surface area (Å²) in [5.74, 6) is 0.141. The molecular formula is C20H21FO3. The molecule has 0 radical (unpaired) electrons. The fraction of sp³-hybridized carbons (Fsp3) is 0.600. The highest BCUT2D eigenvalue weighted by Crippen LogP contribution is 2.57. The number of carbonyl (C=O) groups is 2. The Morgan fingerprint density at radius 1 is 1.04 bits per heavy atom. The Balaban J connectivity index is 1.41. The van der Waals surface area contributed by atoms with Gasteiger partial charge in [-0.25, -0.2) is 9.18 Å². The average Bonchev–Trinajstić information content (AvgIpc) is 2.78. The van der Waals surface area contributed by atoms with Gasteiger partial charge in [0.2, 0.25) is 5.78 Å². The molecule has 0 unspecified atom stereocenters. The molecule has 4 heteroatoms. The lowest BCUT2D eigenvalue weighted by atomic mass is 9.54. The van der Waals surface area contributed by atoms with Crippen molar-refractivity contribution in [2.75, 3.05) is 0 Å². The number of rotatable bonds is 2. The quantitative estimate of drug-likeness (QED) is 0.615. The van der Waals surface area contributed by atoms with Crippen LogP contribution in [0.3, 0.4) is 0 Å². The molecule has 0 aromatic heterocycles. The largest absolute Gasteiger partial charge is 0.456 e. The van der Waals surface area contributed by atoms with Gasteiger partial charge in [0.1, 0.15) is 5.60 Å². The zero-order valence-electron chi connectivity index (χ0n) is 13.6. The SMILES string of the molecule is O=C(OC12CC3CC(CC(C3)C1)C2)[C@@]1(F)Cc2ccccc2C1=O. The number of hydrogen-bond donors (Lipinski definition) is 0. The lowest BCUT2D eigenvalue weighted by Crippen LogP contribution is -2.55. The Morgan fingerprint density at radius 2 is 1.62 bits per heavy atom. The highest BCUT2D eigenvalue weighted by Gasteiger charge is 2.59.